The zero-order chi connectivity index (χ0) is 19.4. The minimum Gasteiger partial charge on any atom is -0.485 e. The lowest BCUT2D eigenvalue weighted by molar-refractivity contribution is 0.192. The van der Waals surface area contributed by atoms with Crippen LogP contribution in [0.5, 0.6) is 5.75 Å². The van der Waals surface area contributed by atoms with Crippen molar-refractivity contribution in [2.24, 2.45) is 0 Å². The maximum atomic E-state index is 11.3. The molecule has 2 unspecified atom stereocenters. The number of nitrogens with zero attached hydrogens (tertiary/aromatic N) is 1. The van der Waals surface area contributed by atoms with E-state index >= 15 is 0 Å². The summed E-state index contributed by atoms with van der Waals surface area (Å²) in [6, 6.07) is 15.8. The van der Waals surface area contributed by atoms with E-state index in [-0.39, 0.29) is 37.0 Å². The molecule has 1 aliphatic heterocycles. The monoisotopic (exact) mass is 461 g/mol. The van der Waals surface area contributed by atoms with Crippen LogP contribution in [0.25, 0.3) is 0 Å². The average Bonchev–Trinajstić information content (AvgIpc) is 2.61. The van der Waals surface area contributed by atoms with E-state index in [4.69, 9.17) is 4.74 Å². The highest BCUT2D eigenvalue weighted by Crippen LogP contribution is 2.31. The largest absolute Gasteiger partial charge is 0.485 e. The van der Waals surface area contributed by atoms with Gasteiger partial charge in [0.15, 0.2) is 0 Å². The molecule has 9 heteroatoms. The van der Waals surface area contributed by atoms with E-state index in [0.29, 0.717) is 0 Å². The van der Waals surface area contributed by atoms with Gasteiger partial charge >= 0.3 is 0 Å². The fourth-order valence-electron chi connectivity index (χ4n) is 3.29. The molecule has 1 heterocycles. The summed E-state index contributed by atoms with van der Waals surface area (Å²) in [7, 11) is -1.13. The van der Waals surface area contributed by atoms with Crippen molar-refractivity contribution in [3.63, 3.8) is 0 Å². The molecule has 0 saturated carbocycles. The van der Waals surface area contributed by atoms with Crippen molar-refractivity contribution in [3.8, 4) is 5.75 Å². The fraction of sp³-hybridized carbons (Fsp3) is 0.400. The highest BCUT2D eigenvalue weighted by atomic mass is 35.5. The molecule has 2 atom stereocenters. The summed E-state index contributed by atoms with van der Waals surface area (Å²) in [5.74, 6) is 0.926. The second-order valence-corrected chi connectivity index (χ2v) is 8.85. The van der Waals surface area contributed by atoms with Gasteiger partial charge in [-0.2, -0.15) is 0 Å². The Labute approximate surface area is 185 Å². The Balaban J connectivity index is 0.00000210. The number of likely N-dealkylation sites (N-methyl/N-ethyl adjacent to an activating group) is 1. The van der Waals surface area contributed by atoms with Gasteiger partial charge in [-0.15, -0.1) is 24.8 Å². The smallest absolute Gasteiger partial charge is 0.209 e. The predicted octanol–water partition coefficient (Wildman–Crippen LogP) is 3.13. The van der Waals surface area contributed by atoms with Crippen LogP contribution in [0.4, 0.5) is 5.69 Å². The van der Waals surface area contributed by atoms with Gasteiger partial charge in [0.25, 0.3) is 0 Å². The Hall–Kier alpha value is -1.51. The maximum absolute atomic E-state index is 11.3. The summed E-state index contributed by atoms with van der Waals surface area (Å²) in [4.78, 5) is 2.22. The summed E-state index contributed by atoms with van der Waals surface area (Å²) >= 11 is 0. The van der Waals surface area contributed by atoms with E-state index in [1.54, 1.807) is 0 Å². The normalized spacial score (nSPS) is 16.7. The van der Waals surface area contributed by atoms with Gasteiger partial charge in [0.1, 0.15) is 11.9 Å². The second-order valence-electron chi connectivity index (χ2n) is 7.07. The first-order valence-electron chi connectivity index (χ1n) is 9.05. The molecule has 0 amide bonds. The molecule has 0 radical (unpaired) electrons. The second kappa shape index (κ2) is 11.0. The third kappa shape index (κ3) is 7.35. The number of benzene rings is 2. The number of rotatable bonds is 7. The lowest BCUT2D eigenvalue weighted by Gasteiger charge is -2.33. The minimum atomic E-state index is -3.21. The van der Waals surface area contributed by atoms with Crippen LogP contribution >= 0.6 is 24.8 Å². The number of nitrogens with one attached hydrogen (secondary N) is 2. The Morgan fingerprint density at radius 3 is 2.45 bits per heavy atom. The van der Waals surface area contributed by atoms with E-state index in [0.717, 1.165) is 42.2 Å². The van der Waals surface area contributed by atoms with Crippen LogP contribution in [0.2, 0.25) is 0 Å². The van der Waals surface area contributed by atoms with Crippen LogP contribution < -0.4 is 19.7 Å². The molecule has 2 aromatic rings. The predicted molar refractivity (Wildman–Crippen MR) is 123 cm³/mol. The van der Waals surface area contributed by atoms with E-state index in [1.807, 2.05) is 49.4 Å². The third-order valence-corrected chi connectivity index (χ3v) is 5.40. The zero-order valence-electron chi connectivity index (χ0n) is 16.8. The van der Waals surface area contributed by atoms with Crippen molar-refractivity contribution in [1.29, 1.82) is 0 Å². The molecule has 0 spiro atoms. The molecule has 0 fully saturated rings. The molecular weight excluding hydrogens is 433 g/mol. The van der Waals surface area contributed by atoms with Crippen molar-refractivity contribution in [2.45, 2.75) is 25.6 Å². The molecule has 0 aliphatic carbocycles. The van der Waals surface area contributed by atoms with Gasteiger partial charge in [-0.25, -0.2) is 13.1 Å². The zero-order valence-corrected chi connectivity index (χ0v) is 19.2. The molecular formula is C20H29Cl2N3O3S. The Morgan fingerprint density at radius 1 is 1.14 bits per heavy atom. The highest BCUT2D eigenvalue weighted by Gasteiger charge is 2.22. The summed E-state index contributed by atoms with van der Waals surface area (Å²) in [5.41, 5.74) is 3.22. The molecule has 29 heavy (non-hydrogen) atoms. The van der Waals surface area contributed by atoms with Crippen molar-refractivity contribution in [1.82, 2.24) is 10.0 Å². The van der Waals surface area contributed by atoms with Gasteiger partial charge in [0.05, 0.1) is 18.5 Å². The summed E-state index contributed by atoms with van der Waals surface area (Å²) < 4.78 is 31.3. The quantitative estimate of drug-likeness (QED) is 0.662. The van der Waals surface area contributed by atoms with Crippen LogP contribution in [0, 0.1) is 0 Å². The number of para-hydroxylation sites is 2. The summed E-state index contributed by atoms with van der Waals surface area (Å²) in [5, 5.41) is 3.45. The van der Waals surface area contributed by atoms with Gasteiger partial charge in [0, 0.05) is 26.2 Å². The molecule has 0 bridgehead atoms. The van der Waals surface area contributed by atoms with E-state index < -0.39 is 10.0 Å². The Bertz CT molecular complexity index is 879. The average molecular weight is 462 g/mol. The van der Waals surface area contributed by atoms with E-state index in [2.05, 4.69) is 28.1 Å². The number of hydrogen-bond donors (Lipinski definition) is 2. The van der Waals surface area contributed by atoms with Gasteiger partial charge < -0.3 is 15.0 Å². The fourth-order valence-corrected chi connectivity index (χ4v) is 4.07. The SMILES string of the molecule is CC(NS(C)(=O)=O)c1ccc(CNCC2CN(C)c3ccccc3O2)cc1.Cl.Cl. The van der Waals surface area contributed by atoms with Gasteiger partial charge in [-0.1, -0.05) is 36.4 Å². The van der Waals surface area contributed by atoms with Gasteiger partial charge in [-0.3, -0.25) is 0 Å². The molecule has 2 N–H and O–H groups in total. The van der Waals surface area contributed by atoms with Crippen LogP contribution in [0.15, 0.2) is 48.5 Å². The van der Waals surface area contributed by atoms with E-state index in [1.165, 1.54) is 6.26 Å². The number of anilines is 1. The topological polar surface area (TPSA) is 70.7 Å². The number of halogens is 2. The number of hydrogen-bond acceptors (Lipinski definition) is 5. The molecule has 0 saturated heterocycles. The third-order valence-electron chi connectivity index (χ3n) is 4.62. The first-order valence-corrected chi connectivity index (χ1v) is 10.9. The highest BCUT2D eigenvalue weighted by molar-refractivity contribution is 7.88. The molecule has 2 aromatic carbocycles. The standard InChI is InChI=1S/C20H27N3O3S.2ClH/c1-15(22-27(3,24)25)17-10-8-16(9-11-17)12-21-13-18-14-23(2)19-6-4-5-7-20(19)26-18;;/h4-11,15,18,21-22H,12-14H2,1-3H3;2*1H. The summed E-state index contributed by atoms with van der Waals surface area (Å²) in [6.07, 6.45) is 1.27. The van der Waals surface area contributed by atoms with Gasteiger partial charge in [-0.05, 0) is 30.2 Å². The van der Waals surface area contributed by atoms with Crippen molar-refractivity contribution in [2.75, 3.05) is 31.3 Å². The lowest BCUT2D eigenvalue weighted by atomic mass is 10.1. The Morgan fingerprint density at radius 2 is 1.79 bits per heavy atom. The molecule has 3 rings (SSSR count). The summed E-state index contributed by atoms with van der Waals surface area (Å²) in [6.45, 7) is 4.17. The van der Waals surface area contributed by atoms with Crippen molar-refractivity contribution < 1.29 is 13.2 Å². The first-order chi connectivity index (χ1) is 12.8. The van der Waals surface area contributed by atoms with Crippen molar-refractivity contribution >= 4 is 40.5 Å². The molecule has 6 nitrogen and oxygen atoms in total. The van der Waals surface area contributed by atoms with Gasteiger partial charge in [0.2, 0.25) is 10.0 Å². The number of ether oxygens (including phenoxy) is 1. The van der Waals surface area contributed by atoms with Crippen molar-refractivity contribution in [3.05, 3.63) is 59.7 Å². The first kappa shape index (κ1) is 25.5. The Kier molecular flexibility index (Phi) is 9.71. The molecule has 162 valence electrons. The molecule has 1 aliphatic rings. The number of sulfonamides is 1. The molecule has 0 aromatic heterocycles. The minimum absolute atomic E-state index is 0. The maximum Gasteiger partial charge on any atom is 0.209 e. The van der Waals surface area contributed by atoms with E-state index in [9.17, 15) is 8.42 Å². The van der Waals surface area contributed by atoms with Crippen LogP contribution in [-0.4, -0.2) is 40.9 Å². The van der Waals surface area contributed by atoms with Crippen LogP contribution in [0.1, 0.15) is 24.1 Å². The van der Waals surface area contributed by atoms with Crippen LogP contribution in [-0.2, 0) is 16.6 Å². The lowest BCUT2D eigenvalue weighted by Crippen LogP contribution is -2.43. The number of fused-ring (bicyclic) bond motifs is 1. The van der Waals surface area contributed by atoms with Crippen LogP contribution in [0.3, 0.4) is 0 Å².